The van der Waals surface area contributed by atoms with Crippen molar-refractivity contribution in [3.63, 3.8) is 0 Å². The Bertz CT molecular complexity index is 398. The molecule has 1 N–H and O–H groups in total. The summed E-state index contributed by atoms with van der Waals surface area (Å²) in [5, 5.41) is 4.40. The highest BCUT2D eigenvalue weighted by Crippen LogP contribution is 2.19. The van der Waals surface area contributed by atoms with Gasteiger partial charge in [0.15, 0.2) is 0 Å². The van der Waals surface area contributed by atoms with Gasteiger partial charge in [-0.05, 0) is 76.0 Å². The SMILES string of the molecule is Cc1ccc(CNCCC2CCN(C)CC2)cc1Cl. The third-order valence-corrected chi connectivity index (χ3v) is 4.54. The summed E-state index contributed by atoms with van der Waals surface area (Å²) in [5.41, 5.74) is 2.43. The molecule has 0 bridgehead atoms. The van der Waals surface area contributed by atoms with Gasteiger partial charge in [-0.3, -0.25) is 0 Å². The quantitative estimate of drug-likeness (QED) is 0.831. The van der Waals surface area contributed by atoms with Crippen LogP contribution in [0.2, 0.25) is 5.02 Å². The van der Waals surface area contributed by atoms with Crippen molar-refractivity contribution in [3.05, 3.63) is 34.3 Å². The fraction of sp³-hybridized carbons (Fsp3) is 0.625. The number of nitrogens with one attached hydrogen (secondary N) is 1. The number of rotatable bonds is 5. The van der Waals surface area contributed by atoms with Crippen LogP contribution in [0.5, 0.6) is 0 Å². The van der Waals surface area contributed by atoms with E-state index in [1.807, 2.05) is 6.92 Å². The van der Waals surface area contributed by atoms with Crippen LogP contribution in [0.4, 0.5) is 0 Å². The summed E-state index contributed by atoms with van der Waals surface area (Å²) in [5.74, 6) is 0.908. The van der Waals surface area contributed by atoms with Crippen molar-refractivity contribution < 1.29 is 0 Å². The van der Waals surface area contributed by atoms with Crippen LogP contribution in [-0.2, 0) is 6.54 Å². The molecule has 1 heterocycles. The molecule has 1 aliphatic heterocycles. The number of piperidine rings is 1. The molecule has 19 heavy (non-hydrogen) atoms. The minimum absolute atomic E-state index is 0.870. The lowest BCUT2D eigenvalue weighted by molar-refractivity contribution is 0.211. The van der Waals surface area contributed by atoms with E-state index in [0.29, 0.717) is 0 Å². The Morgan fingerprint density at radius 2 is 2.05 bits per heavy atom. The third-order valence-electron chi connectivity index (χ3n) is 4.13. The highest BCUT2D eigenvalue weighted by atomic mass is 35.5. The fourth-order valence-corrected chi connectivity index (χ4v) is 2.84. The third kappa shape index (κ3) is 4.79. The van der Waals surface area contributed by atoms with Crippen molar-refractivity contribution in [2.75, 3.05) is 26.7 Å². The second-order valence-corrected chi connectivity index (χ2v) is 6.20. The maximum atomic E-state index is 6.13. The van der Waals surface area contributed by atoms with Gasteiger partial charge in [0.05, 0.1) is 0 Å². The van der Waals surface area contributed by atoms with E-state index in [2.05, 4.69) is 35.5 Å². The van der Waals surface area contributed by atoms with Crippen molar-refractivity contribution in [3.8, 4) is 0 Å². The van der Waals surface area contributed by atoms with Crippen LogP contribution < -0.4 is 5.32 Å². The first-order valence-corrected chi connectivity index (χ1v) is 7.67. The molecule has 0 unspecified atom stereocenters. The van der Waals surface area contributed by atoms with Gasteiger partial charge in [-0.2, -0.15) is 0 Å². The van der Waals surface area contributed by atoms with Crippen molar-refractivity contribution in [2.24, 2.45) is 5.92 Å². The first-order valence-electron chi connectivity index (χ1n) is 7.29. The Kier molecular flexibility index (Phi) is 5.68. The van der Waals surface area contributed by atoms with Gasteiger partial charge in [-0.25, -0.2) is 0 Å². The molecule has 0 saturated carbocycles. The summed E-state index contributed by atoms with van der Waals surface area (Å²) in [6.45, 7) is 6.60. The normalized spacial score (nSPS) is 17.8. The number of nitrogens with zero attached hydrogens (tertiary/aromatic N) is 1. The summed E-state index contributed by atoms with van der Waals surface area (Å²) in [7, 11) is 2.22. The molecule has 0 amide bonds. The molecular weight excluding hydrogens is 256 g/mol. The van der Waals surface area contributed by atoms with E-state index in [0.717, 1.165) is 29.6 Å². The lowest BCUT2D eigenvalue weighted by Crippen LogP contribution is -2.31. The largest absolute Gasteiger partial charge is 0.313 e. The molecule has 1 saturated heterocycles. The summed E-state index contributed by atoms with van der Waals surface area (Å²) >= 11 is 6.13. The van der Waals surface area contributed by atoms with Gasteiger partial charge in [-0.1, -0.05) is 23.7 Å². The van der Waals surface area contributed by atoms with Gasteiger partial charge >= 0.3 is 0 Å². The molecule has 0 atom stereocenters. The van der Waals surface area contributed by atoms with Crippen LogP contribution in [0, 0.1) is 12.8 Å². The summed E-state index contributed by atoms with van der Waals surface area (Å²) < 4.78 is 0. The zero-order valence-electron chi connectivity index (χ0n) is 12.1. The molecule has 0 radical (unpaired) electrons. The van der Waals surface area contributed by atoms with Crippen LogP contribution in [0.1, 0.15) is 30.4 Å². The standard InChI is InChI=1S/C16H25ClN2/c1-13-3-4-15(11-16(13)17)12-18-8-5-14-6-9-19(2)10-7-14/h3-4,11,14,18H,5-10,12H2,1-2H3. The van der Waals surface area contributed by atoms with E-state index in [1.54, 1.807) is 0 Å². The Morgan fingerprint density at radius 3 is 2.74 bits per heavy atom. The average Bonchev–Trinajstić information content (AvgIpc) is 2.41. The molecule has 1 aromatic carbocycles. The minimum atomic E-state index is 0.870. The number of hydrogen-bond acceptors (Lipinski definition) is 2. The van der Waals surface area contributed by atoms with E-state index in [-0.39, 0.29) is 0 Å². The van der Waals surface area contributed by atoms with Gasteiger partial charge in [0.25, 0.3) is 0 Å². The second-order valence-electron chi connectivity index (χ2n) is 5.80. The minimum Gasteiger partial charge on any atom is -0.313 e. The number of aryl methyl sites for hydroxylation is 1. The molecule has 0 aliphatic carbocycles. The van der Waals surface area contributed by atoms with Gasteiger partial charge < -0.3 is 10.2 Å². The van der Waals surface area contributed by atoms with Gasteiger partial charge in [0, 0.05) is 11.6 Å². The second kappa shape index (κ2) is 7.28. The molecule has 3 heteroatoms. The molecule has 1 aliphatic rings. The summed E-state index contributed by atoms with van der Waals surface area (Å²) in [6, 6.07) is 6.32. The van der Waals surface area contributed by atoms with Gasteiger partial charge in [0.1, 0.15) is 0 Å². The van der Waals surface area contributed by atoms with Crippen LogP contribution in [-0.4, -0.2) is 31.6 Å². The maximum absolute atomic E-state index is 6.13. The smallest absolute Gasteiger partial charge is 0.0438 e. The molecular formula is C16H25ClN2. The zero-order valence-corrected chi connectivity index (χ0v) is 12.8. The van der Waals surface area contributed by atoms with Crippen LogP contribution in [0.25, 0.3) is 0 Å². The topological polar surface area (TPSA) is 15.3 Å². The van der Waals surface area contributed by atoms with Crippen molar-refractivity contribution in [1.82, 2.24) is 10.2 Å². The Hall–Kier alpha value is -0.570. The van der Waals surface area contributed by atoms with E-state index < -0.39 is 0 Å². The van der Waals surface area contributed by atoms with Crippen LogP contribution in [0.3, 0.4) is 0 Å². The molecule has 2 nitrogen and oxygen atoms in total. The average molecular weight is 281 g/mol. The summed E-state index contributed by atoms with van der Waals surface area (Å²) in [6.07, 6.45) is 4.01. The number of hydrogen-bond donors (Lipinski definition) is 1. The van der Waals surface area contributed by atoms with E-state index in [1.165, 1.54) is 37.9 Å². The van der Waals surface area contributed by atoms with E-state index >= 15 is 0 Å². The summed E-state index contributed by atoms with van der Waals surface area (Å²) in [4.78, 5) is 2.43. The predicted molar refractivity (Wildman–Crippen MR) is 82.7 cm³/mol. The molecule has 106 valence electrons. The Morgan fingerprint density at radius 1 is 1.32 bits per heavy atom. The monoisotopic (exact) mass is 280 g/mol. The molecule has 1 aromatic rings. The van der Waals surface area contributed by atoms with Gasteiger partial charge in [0.2, 0.25) is 0 Å². The van der Waals surface area contributed by atoms with Crippen LogP contribution >= 0.6 is 11.6 Å². The first kappa shape index (κ1) is 14.8. The van der Waals surface area contributed by atoms with E-state index in [9.17, 15) is 0 Å². The first-order chi connectivity index (χ1) is 9.15. The predicted octanol–water partition coefficient (Wildman–Crippen LogP) is 3.47. The molecule has 0 aromatic heterocycles. The van der Waals surface area contributed by atoms with Crippen molar-refractivity contribution in [2.45, 2.75) is 32.7 Å². The van der Waals surface area contributed by atoms with Crippen LogP contribution in [0.15, 0.2) is 18.2 Å². The highest BCUT2D eigenvalue weighted by Gasteiger charge is 2.15. The number of benzene rings is 1. The Labute approximate surface area is 122 Å². The lowest BCUT2D eigenvalue weighted by atomic mass is 9.94. The zero-order chi connectivity index (χ0) is 13.7. The van der Waals surface area contributed by atoms with Crippen molar-refractivity contribution >= 4 is 11.6 Å². The molecule has 1 fully saturated rings. The molecule has 2 rings (SSSR count). The lowest BCUT2D eigenvalue weighted by Gasteiger charge is -2.28. The highest BCUT2D eigenvalue weighted by molar-refractivity contribution is 6.31. The Balaban J connectivity index is 1.65. The number of likely N-dealkylation sites (tertiary alicyclic amines) is 1. The van der Waals surface area contributed by atoms with Crippen molar-refractivity contribution in [1.29, 1.82) is 0 Å². The number of halogens is 1. The molecule has 0 spiro atoms. The van der Waals surface area contributed by atoms with Gasteiger partial charge in [-0.15, -0.1) is 0 Å². The van der Waals surface area contributed by atoms with E-state index in [4.69, 9.17) is 11.6 Å². The fourth-order valence-electron chi connectivity index (χ4n) is 2.64. The maximum Gasteiger partial charge on any atom is 0.0438 e.